The number of nitrogen functional groups attached to an aromatic ring is 1. The summed E-state index contributed by atoms with van der Waals surface area (Å²) in [6.45, 7) is 6.78. The smallest absolute Gasteiger partial charge is 0.223 e. The van der Waals surface area contributed by atoms with Gasteiger partial charge in [0.1, 0.15) is 5.75 Å². The Hall–Kier alpha value is -1.71. The van der Waals surface area contributed by atoms with Crippen molar-refractivity contribution >= 4 is 11.6 Å². The summed E-state index contributed by atoms with van der Waals surface area (Å²) in [5, 5.41) is 2.99. The van der Waals surface area contributed by atoms with E-state index >= 15 is 0 Å². The molecule has 1 atom stereocenters. The van der Waals surface area contributed by atoms with Crippen LogP contribution in [0.4, 0.5) is 5.69 Å². The van der Waals surface area contributed by atoms with E-state index in [1.807, 2.05) is 19.1 Å². The second-order valence-corrected chi connectivity index (χ2v) is 5.61. The quantitative estimate of drug-likeness (QED) is 0.718. The van der Waals surface area contributed by atoms with Gasteiger partial charge in [-0.25, -0.2) is 0 Å². The van der Waals surface area contributed by atoms with Gasteiger partial charge in [0.2, 0.25) is 5.91 Å². The lowest BCUT2D eigenvalue weighted by Crippen LogP contribution is -2.33. The minimum Gasteiger partial charge on any atom is -0.493 e. The lowest BCUT2D eigenvalue weighted by Gasteiger charge is -2.15. The molecule has 112 valence electrons. The number of hydrogen-bond donors (Lipinski definition) is 2. The van der Waals surface area contributed by atoms with Gasteiger partial charge in [0.15, 0.2) is 0 Å². The zero-order valence-corrected chi connectivity index (χ0v) is 12.7. The summed E-state index contributed by atoms with van der Waals surface area (Å²) < 4.78 is 5.50. The van der Waals surface area contributed by atoms with Gasteiger partial charge in [-0.1, -0.05) is 19.9 Å². The van der Waals surface area contributed by atoms with Crippen molar-refractivity contribution in [2.24, 2.45) is 5.92 Å². The number of nitrogens with two attached hydrogens (primary N) is 1. The maximum Gasteiger partial charge on any atom is 0.223 e. The topological polar surface area (TPSA) is 64.3 Å². The average molecular weight is 278 g/mol. The van der Waals surface area contributed by atoms with E-state index in [2.05, 4.69) is 19.2 Å². The number of benzene rings is 1. The number of nitrogens with one attached hydrogen (secondary N) is 1. The van der Waals surface area contributed by atoms with Crippen LogP contribution >= 0.6 is 0 Å². The Morgan fingerprint density at radius 1 is 1.30 bits per heavy atom. The van der Waals surface area contributed by atoms with Crippen LogP contribution in [0.3, 0.4) is 0 Å². The summed E-state index contributed by atoms with van der Waals surface area (Å²) in [6, 6.07) is 7.44. The van der Waals surface area contributed by atoms with Crippen LogP contribution in [0.2, 0.25) is 0 Å². The van der Waals surface area contributed by atoms with E-state index in [4.69, 9.17) is 10.5 Å². The zero-order valence-electron chi connectivity index (χ0n) is 12.7. The van der Waals surface area contributed by atoms with Crippen LogP contribution in [0.25, 0.3) is 0 Å². The number of rotatable bonds is 8. The molecule has 0 fully saturated rings. The Morgan fingerprint density at radius 2 is 2.05 bits per heavy atom. The van der Waals surface area contributed by atoms with Crippen molar-refractivity contribution in [1.29, 1.82) is 0 Å². The van der Waals surface area contributed by atoms with E-state index in [-0.39, 0.29) is 11.9 Å². The van der Waals surface area contributed by atoms with E-state index in [1.165, 1.54) is 0 Å². The van der Waals surface area contributed by atoms with Crippen molar-refractivity contribution in [3.63, 3.8) is 0 Å². The summed E-state index contributed by atoms with van der Waals surface area (Å²) in [4.78, 5) is 11.7. The molecule has 0 heterocycles. The molecule has 1 aromatic carbocycles. The zero-order chi connectivity index (χ0) is 15.0. The molecule has 0 saturated carbocycles. The third-order valence-corrected chi connectivity index (χ3v) is 3.04. The SMILES string of the molecule is CC(C)CCC(C)NC(=O)CCOc1cccc(N)c1. The summed E-state index contributed by atoms with van der Waals surface area (Å²) >= 11 is 0. The fraction of sp³-hybridized carbons (Fsp3) is 0.562. The molecule has 0 aliphatic carbocycles. The summed E-state index contributed by atoms with van der Waals surface area (Å²) in [7, 11) is 0. The van der Waals surface area contributed by atoms with Crippen molar-refractivity contribution in [2.75, 3.05) is 12.3 Å². The highest BCUT2D eigenvalue weighted by Crippen LogP contribution is 2.14. The van der Waals surface area contributed by atoms with Crippen molar-refractivity contribution < 1.29 is 9.53 Å². The Balaban J connectivity index is 2.20. The molecular formula is C16H26N2O2. The number of carbonyl (C=O) groups is 1. The Labute approximate surface area is 121 Å². The van der Waals surface area contributed by atoms with Crippen LogP contribution in [-0.4, -0.2) is 18.6 Å². The standard InChI is InChI=1S/C16H26N2O2/c1-12(2)7-8-13(3)18-16(19)9-10-20-15-6-4-5-14(17)11-15/h4-6,11-13H,7-10,17H2,1-3H3,(H,18,19). The second-order valence-electron chi connectivity index (χ2n) is 5.61. The van der Waals surface area contributed by atoms with E-state index in [0.29, 0.717) is 30.4 Å². The van der Waals surface area contributed by atoms with Gasteiger partial charge in [0.05, 0.1) is 13.0 Å². The first-order valence-corrected chi connectivity index (χ1v) is 7.25. The van der Waals surface area contributed by atoms with Crippen LogP contribution < -0.4 is 15.8 Å². The van der Waals surface area contributed by atoms with E-state index in [0.717, 1.165) is 12.8 Å². The highest BCUT2D eigenvalue weighted by Gasteiger charge is 2.08. The molecule has 0 bridgehead atoms. The van der Waals surface area contributed by atoms with Crippen LogP contribution in [0.15, 0.2) is 24.3 Å². The molecule has 1 unspecified atom stereocenters. The lowest BCUT2D eigenvalue weighted by molar-refractivity contribution is -0.122. The molecule has 1 rings (SSSR count). The average Bonchev–Trinajstić information content (AvgIpc) is 2.36. The van der Waals surface area contributed by atoms with Gasteiger partial charge in [-0.15, -0.1) is 0 Å². The third-order valence-electron chi connectivity index (χ3n) is 3.04. The first-order valence-electron chi connectivity index (χ1n) is 7.25. The highest BCUT2D eigenvalue weighted by atomic mass is 16.5. The first-order chi connectivity index (χ1) is 9.47. The molecule has 0 spiro atoms. The molecule has 1 amide bonds. The van der Waals surface area contributed by atoms with Gasteiger partial charge >= 0.3 is 0 Å². The summed E-state index contributed by atoms with van der Waals surface area (Å²) in [6.07, 6.45) is 2.50. The molecule has 0 saturated heterocycles. The largest absolute Gasteiger partial charge is 0.493 e. The number of hydrogen-bond acceptors (Lipinski definition) is 3. The van der Waals surface area contributed by atoms with Crippen LogP contribution in [0, 0.1) is 5.92 Å². The van der Waals surface area contributed by atoms with Crippen molar-refractivity contribution in [1.82, 2.24) is 5.32 Å². The monoisotopic (exact) mass is 278 g/mol. The lowest BCUT2D eigenvalue weighted by atomic mass is 10.0. The van der Waals surface area contributed by atoms with Gasteiger partial charge in [0, 0.05) is 17.8 Å². The fourth-order valence-corrected chi connectivity index (χ4v) is 1.87. The van der Waals surface area contributed by atoms with Crippen molar-refractivity contribution in [3.05, 3.63) is 24.3 Å². The minimum atomic E-state index is 0.0326. The van der Waals surface area contributed by atoms with Crippen LogP contribution in [0.5, 0.6) is 5.75 Å². The molecule has 1 aromatic rings. The molecule has 4 heteroatoms. The van der Waals surface area contributed by atoms with Gasteiger partial charge in [-0.3, -0.25) is 4.79 Å². The van der Waals surface area contributed by atoms with Crippen molar-refractivity contribution in [2.45, 2.75) is 46.1 Å². The predicted molar refractivity (Wildman–Crippen MR) is 82.6 cm³/mol. The van der Waals surface area contributed by atoms with Crippen molar-refractivity contribution in [3.8, 4) is 5.75 Å². The molecule has 0 radical (unpaired) electrons. The molecule has 0 aromatic heterocycles. The van der Waals surface area contributed by atoms with Gasteiger partial charge in [-0.2, -0.15) is 0 Å². The molecule has 0 aliphatic rings. The normalized spacial score (nSPS) is 12.2. The van der Waals surface area contributed by atoms with E-state index in [1.54, 1.807) is 12.1 Å². The maximum atomic E-state index is 11.7. The number of carbonyl (C=O) groups excluding carboxylic acids is 1. The molecular weight excluding hydrogens is 252 g/mol. The first kappa shape index (κ1) is 16.3. The number of anilines is 1. The second kappa shape index (κ2) is 8.46. The predicted octanol–water partition coefficient (Wildman–Crippen LogP) is 2.98. The Kier molecular flexibility index (Phi) is 6.91. The third kappa shape index (κ3) is 7.02. The molecule has 20 heavy (non-hydrogen) atoms. The fourth-order valence-electron chi connectivity index (χ4n) is 1.87. The highest BCUT2D eigenvalue weighted by molar-refractivity contribution is 5.76. The van der Waals surface area contributed by atoms with E-state index < -0.39 is 0 Å². The summed E-state index contributed by atoms with van der Waals surface area (Å²) in [5.41, 5.74) is 6.32. The molecule has 3 N–H and O–H groups in total. The van der Waals surface area contributed by atoms with Gasteiger partial charge in [-0.05, 0) is 37.8 Å². The molecule has 4 nitrogen and oxygen atoms in total. The van der Waals surface area contributed by atoms with Gasteiger partial charge < -0.3 is 15.8 Å². The van der Waals surface area contributed by atoms with E-state index in [9.17, 15) is 4.79 Å². The summed E-state index contributed by atoms with van der Waals surface area (Å²) in [5.74, 6) is 1.40. The Morgan fingerprint density at radius 3 is 2.70 bits per heavy atom. The maximum absolute atomic E-state index is 11.7. The number of ether oxygens (including phenoxy) is 1. The Bertz CT molecular complexity index is 419. The number of amides is 1. The van der Waals surface area contributed by atoms with Crippen LogP contribution in [0.1, 0.15) is 40.0 Å². The van der Waals surface area contributed by atoms with Gasteiger partial charge in [0.25, 0.3) is 0 Å². The minimum absolute atomic E-state index is 0.0326. The molecule has 0 aliphatic heterocycles. The van der Waals surface area contributed by atoms with Crippen LogP contribution in [-0.2, 0) is 4.79 Å².